The molecule has 0 bridgehead atoms. The van der Waals surface area contributed by atoms with Crippen LogP contribution in [0.4, 0.5) is 0 Å². The van der Waals surface area contributed by atoms with Crippen molar-refractivity contribution in [3.05, 3.63) is 12.3 Å². The van der Waals surface area contributed by atoms with Crippen molar-refractivity contribution >= 4 is 5.97 Å². The third-order valence-electron chi connectivity index (χ3n) is 1.38. The molecule has 1 aliphatic heterocycles. The van der Waals surface area contributed by atoms with Gasteiger partial charge in [0.25, 0.3) is 0 Å². The number of aliphatic carboxylic acids is 1. The van der Waals surface area contributed by atoms with Gasteiger partial charge in [-0.1, -0.05) is 6.08 Å². The molecule has 0 fully saturated rings. The lowest BCUT2D eigenvalue weighted by Crippen LogP contribution is -2.35. The molecule has 4 heteroatoms. The zero-order chi connectivity index (χ0) is 7.56. The number of hydrogen-bond donors (Lipinski definition) is 1. The van der Waals surface area contributed by atoms with E-state index >= 15 is 0 Å². The minimum atomic E-state index is -0.807. The molecule has 0 amide bonds. The summed E-state index contributed by atoms with van der Waals surface area (Å²) in [6.07, 6.45) is 3.69. The van der Waals surface area contributed by atoms with Gasteiger partial charge in [0.1, 0.15) is 6.54 Å². The molecule has 10 heavy (non-hydrogen) atoms. The number of nitrogens with zero attached hydrogens (tertiary/aromatic N) is 2. The first-order valence-electron chi connectivity index (χ1n) is 3.06. The SMILES string of the molecule is CN1CC=CN1CC(=O)O. The molecule has 0 aromatic carbocycles. The zero-order valence-electron chi connectivity index (χ0n) is 5.82. The molecule has 0 aromatic heterocycles. The summed E-state index contributed by atoms with van der Waals surface area (Å²) in [5.74, 6) is -0.807. The molecule has 1 N–H and O–H groups in total. The van der Waals surface area contributed by atoms with Gasteiger partial charge in [0, 0.05) is 19.8 Å². The highest BCUT2D eigenvalue weighted by atomic mass is 16.4. The van der Waals surface area contributed by atoms with E-state index in [-0.39, 0.29) is 6.54 Å². The van der Waals surface area contributed by atoms with Crippen LogP contribution >= 0.6 is 0 Å². The first-order chi connectivity index (χ1) is 4.70. The van der Waals surface area contributed by atoms with Crippen LogP contribution in [0, 0.1) is 0 Å². The van der Waals surface area contributed by atoms with E-state index in [1.807, 2.05) is 18.1 Å². The van der Waals surface area contributed by atoms with Crippen molar-refractivity contribution in [1.82, 2.24) is 10.0 Å². The van der Waals surface area contributed by atoms with Crippen LogP contribution in [0.3, 0.4) is 0 Å². The van der Waals surface area contributed by atoms with E-state index < -0.39 is 5.97 Å². The highest BCUT2D eigenvalue weighted by Gasteiger charge is 2.13. The second-order valence-corrected chi connectivity index (χ2v) is 2.22. The predicted molar refractivity (Wildman–Crippen MR) is 36.1 cm³/mol. The smallest absolute Gasteiger partial charge is 0.324 e. The van der Waals surface area contributed by atoms with E-state index in [4.69, 9.17) is 5.11 Å². The van der Waals surface area contributed by atoms with Crippen molar-refractivity contribution in [1.29, 1.82) is 0 Å². The average molecular weight is 142 g/mol. The molecule has 0 saturated heterocycles. The molecule has 0 radical (unpaired) electrons. The fourth-order valence-electron chi connectivity index (χ4n) is 0.852. The Labute approximate surface area is 59.3 Å². The Morgan fingerprint density at radius 1 is 1.80 bits per heavy atom. The quantitative estimate of drug-likeness (QED) is 0.577. The lowest BCUT2D eigenvalue weighted by Gasteiger charge is -2.22. The molecular formula is C6H10N2O2. The van der Waals surface area contributed by atoms with E-state index in [0.717, 1.165) is 6.54 Å². The highest BCUT2D eigenvalue weighted by molar-refractivity contribution is 5.69. The predicted octanol–water partition coefficient (Wildman–Crippen LogP) is -0.253. The third kappa shape index (κ3) is 1.48. The van der Waals surface area contributed by atoms with Crippen molar-refractivity contribution in [3.63, 3.8) is 0 Å². The van der Waals surface area contributed by atoms with Gasteiger partial charge in [0.15, 0.2) is 0 Å². The van der Waals surface area contributed by atoms with Gasteiger partial charge in [-0.2, -0.15) is 0 Å². The van der Waals surface area contributed by atoms with Crippen molar-refractivity contribution in [2.75, 3.05) is 20.1 Å². The van der Waals surface area contributed by atoms with E-state index in [1.165, 1.54) is 0 Å². The molecule has 0 atom stereocenters. The molecule has 56 valence electrons. The topological polar surface area (TPSA) is 43.8 Å². The lowest BCUT2D eigenvalue weighted by molar-refractivity contribution is -0.140. The van der Waals surface area contributed by atoms with Gasteiger partial charge in [-0.25, -0.2) is 5.01 Å². The summed E-state index contributed by atoms with van der Waals surface area (Å²) in [6, 6.07) is 0. The van der Waals surface area contributed by atoms with Crippen LogP contribution in [0.5, 0.6) is 0 Å². The second-order valence-electron chi connectivity index (χ2n) is 2.22. The minimum absolute atomic E-state index is 0.0486. The van der Waals surface area contributed by atoms with Gasteiger partial charge in [-0.3, -0.25) is 4.79 Å². The van der Waals surface area contributed by atoms with E-state index in [2.05, 4.69) is 0 Å². The third-order valence-corrected chi connectivity index (χ3v) is 1.38. The normalized spacial score (nSPS) is 18.3. The van der Waals surface area contributed by atoms with Crippen LogP contribution in [0.15, 0.2) is 12.3 Å². The van der Waals surface area contributed by atoms with Gasteiger partial charge in [0.05, 0.1) is 0 Å². The maximum absolute atomic E-state index is 10.2. The summed E-state index contributed by atoms with van der Waals surface area (Å²) in [6.45, 7) is 0.847. The fraction of sp³-hybridized carbons (Fsp3) is 0.500. The molecule has 0 aliphatic carbocycles. The van der Waals surface area contributed by atoms with Crippen molar-refractivity contribution in [2.45, 2.75) is 0 Å². The summed E-state index contributed by atoms with van der Waals surface area (Å²) < 4.78 is 0. The molecule has 0 aromatic rings. The summed E-state index contributed by atoms with van der Waals surface area (Å²) in [4.78, 5) is 10.2. The largest absolute Gasteiger partial charge is 0.480 e. The van der Waals surface area contributed by atoms with Crippen molar-refractivity contribution in [3.8, 4) is 0 Å². The first-order valence-corrected chi connectivity index (χ1v) is 3.06. The van der Waals surface area contributed by atoms with Gasteiger partial charge >= 0.3 is 5.97 Å². The monoisotopic (exact) mass is 142 g/mol. The zero-order valence-corrected chi connectivity index (χ0v) is 5.82. The van der Waals surface area contributed by atoms with Crippen LogP contribution in [-0.4, -0.2) is 41.2 Å². The molecule has 1 heterocycles. The number of carboxylic acid groups (broad SMARTS) is 1. The Morgan fingerprint density at radius 2 is 2.50 bits per heavy atom. The van der Waals surface area contributed by atoms with E-state index in [1.54, 1.807) is 11.2 Å². The molecule has 0 saturated carbocycles. The average Bonchev–Trinajstić information content (AvgIpc) is 2.15. The summed E-state index contributed by atoms with van der Waals surface area (Å²) in [7, 11) is 1.85. The van der Waals surface area contributed by atoms with Crippen LogP contribution < -0.4 is 0 Å². The van der Waals surface area contributed by atoms with Gasteiger partial charge in [0.2, 0.25) is 0 Å². The van der Waals surface area contributed by atoms with Crippen LogP contribution in [0.2, 0.25) is 0 Å². The van der Waals surface area contributed by atoms with E-state index in [9.17, 15) is 4.79 Å². The summed E-state index contributed by atoms with van der Waals surface area (Å²) >= 11 is 0. The number of carbonyl (C=O) groups is 1. The number of carboxylic acids is 1. The Balaban J connectivity index is 2.40. The van der Waals surface area contributed by atoms with Gasteiger partial charge < -0.3 is 10.1 Å². The second kappa shape index (κ2) is 2.70. The number of likely N-dealkylation sites (N-methyl/N-ethyl adjacent to an activating group) is 1. The van der Waals surface area contributed by atoms with Crippen LogP contribution in [-0.2, 0) is 4.79 Å². The Bertz CT molecular complexity index is 167. The molecular weight excluding hydrogens is 132 g/mol. The summed E-state index contributed by atoms with van der Waals surface area (Å²) in [5, 5.41) is 11.9. The number of hydrogen-bond acceptors (Lipinski definition) is 3. The highest BCUT2D eigenvalue weighted by Crippen LogP contribution is 2.02. The fourth-order valence-corrected chi connectivity index (χ4v) is 0.852. The molecule has 0 unspecified atom stereocenters. The Morgan fingerprint density at radius 3 is 2.90 bits per heavy atom. The molecule has 1 rings (SSSR count). The summed E-state index contributed by atoms with van der Waals surface area (Å²) in [5.41, 5.74) is 0. The maximum atomic E-state index is 10.2. The van der Waals surface area contributed by atoms with Crippen LogP contribution in [0.1, 0.15) is 0 Å². The van der Waals surface area contributed by atoms with Crippen LogP contribution in [0.25, 0.3) is 0 Å². The van der Waals surface area contributed by atoms with Crippen molar-refractivity contribution < 1.29 is 9.90 Å². The molecule has 1 aliphatic rings. The minimum Gasteiger partial charge on any atom is -0.480 e. The van der Waals surface area contributed by atoms with Gasteiger partial charge in [-0.05, 0) is 0 Å². The molecule has 4 nitrogen and oxygen atoms in total. The standard InChI is InChI=1S/C6H10N2O2/c1-7-3-2-4-8(7)5-6(9)10/h2,4H,3,5H2,1H3,(H,9,10). The van der Waals surface area contributed by atoms with Gasteiger partial charge in [-0.15, -0.1) is 0 Å². The number of hydrazine groups is 1. The lowest BCUT2D eigenvalue weighted by atomic mass is 10.6. The molecule has 0 spiro atoms. The maximum Gasteiger partial charge on any atom is 0.324 e. The first kappa shape index (κ1) is 7.08. The Hall–Kier alpha value is -1.03. The Kier molecular flexibility index (Phi) is 1.91. The van der Waals surface area contributed by atoms with E-state index in [0.29, 0.717) is 0 Å². The van der Waals surface area contributed by atoms with Crippen molar-refractivity contribution in [2.24, 2.45) is 0 Å². The number of rotatable bonds is 2.